The van der Waals surface area contributed by atoms with Crippen molar-refractivity contribution < 1.29 is 14.6 Å². The number of ether oxygens (including phenoxy) is 1. The van der Waals surface area contributed by atoms with E-state index >= 15 is 0 Å². The number of carboxylic acid groups (broad SMARTS) is 1. The highest BCUT2D eigenvalue weighted by molar-refractivity contribution is 5.85. The van der Waals surface area contributed by atoms with E-state index in [0.717, 1.165) is 45.1 Å². The van der Waals surface area contributed by atoms with Crippen molar-refractivity contribution in [1.82, 2.24) is 0 Å². The molecule has 0 fully saturated rings. The lowest BCUT2D eigenvalue weighted by Crippen LogP contribution is -2.15. The van der Waals surface area contributed by atoms with Gasteiger partial charge in [-0.15, -0.1) is 0 Å². The monoisotopic (exact) mass is 242 g/mol. The predicted octanol–water partition coefficient (Wildman–Crippen LogP) is 3.78. The minimum absolute atomic E-state index is 0.192. The fourth-order valence-corrected chi connectivity index (χ4v) is 1.58. The molecule has 0 aromatic heterocycles. The van der Waals surface area contributed by atoms with Crippen molar-refractivity contribution >= 4 is 5.97 Å². The normalized spacial score (nSPS) is 12.4. The lowest BCUT2D eigenvalue weighted by atomic mass is 10.0. The van der Waals surface area contributed by atoms with Crippen LogP contribution in [0.25, 0.3) is 0 Å². The summed E-state index contributed by atoms with van der Waals surface area (Å²) in [6.45, 7) is 8.62. The summed E-state index contributed by atoms with van der Waals surface area (Å²) < 4.78 is 5.78. The molecule has 0 aromatic carbocycles. The van der Waals surface area contributed by atoms with Gasteiger partial charge in [0.15, 0.2) is 0 Å². The molecule has 1 unspecified atom stereocenters. The molecule has 0 aliphatic heterocycles. The minimum atomic E-state index is -0.896. The molecule has 100 valence electrons. The first-order valence-electron chi connectivity index (χ1n) is 6.64. The van der Waals surface area contributed by atoms with Crippen LogP contribution in [0, 0.1) is 0 Å². The first-order valence-corrected chi connectivity index (χ1v) is 6.64. The number of carbonyl (C=O) groups is 1. The molecule has 17 heavy (non-hydrogen) atoms. The highest BCUT2D eigenvalue weighted by atomic mass is 16.5. The van der Waals surface area contributed by atoms with Crippen LogP contribution in [0.3, 0.4) is 0 Å². The number of unbranched alkanes of at least 4 members (excludes halogenated alkanes) is 2. The number of carboxylic acids is 1. The van der Waals surface area contributed by atoms with Gasteiger partial charge in [0.05, 0.1) is 6.10 Å². The fourth-order valence-electron chi connectivity index (χ4n) is 1.58. The second kappa shape index (κ2) is 10.3. The van der Waals surface area contributed by atoms with E-state index in [2.05, 4.69) is 20.4 Å². The number of hydrogen-bond acceptors (Lipinski definition) is 2. The first kappa shape index (κ1) is 16.2. The summed E-state index contributed by atoms with van der Waals surface area (Å²) in [5, 5.41) is 8.74. The van der Waals surface area contributed by atoms with Gasteiger partial charge in [0.1, 0.15) is 0 Å². The second-order valence-electron chi connectivity index (χ2n) is 4.44. The summed E-state index contributed by atoms with van der Waals surface area (Å²) in [5.41, 5.74) is 0.283. The lowest BCUT2D eigenvalue weighted by molar-refractivity contribution is -0.132. The van der Waals surface area contributed by atoms with Crippen LogP contribution in [0.2, 0.25) is 0 Å². The van der Waals surface area contributed by atoms with Gasteiger partial charge < -0.3 is 9.84 Å². The maximum Gasteiger partial charge on any atom is 0.330 e. The molecule has 0 aromatic rings. The molecule has 1 atom stereocenters. The van der Waals surface area contributed by atoms with E-state index in [1.807, 2.05) is 0 Å². The summed E-state index contributed by atoms with van der Waals surface area (Å²) in [4.78, 5) is 10.6. The quantitative estimate of drug-likeness (QED) is 0.443. The third-order valence-electron chi connectivity index (χ3n) is 2.80. The Kier molecular flexibility index (Phi) is 9.83. The summed E-state index contributed by atoms with van der Waals surface area (Å²) in [6, 6.07) is 0. The molecule has 0 bridgehead atoms. The zero-order valence-corrected chi connectivity index (χ0v) is 11.2. The van der Waals surface area contributed by atoms with Crippen molar-refractivity contribution in [3.8, 4) is 0 Å². The number of aliphatic carboxylic acids is 1. The molecule has 1 N–H and O–H groups in total. The summed E-state index contributed by atoms with van der Waals surface area (Å²) >= 11 is 0. The van der Waals surface area contributed by atoms with E-state index in [9.17, 15) is 4.79 Å². The maximum absolute atomic E-state index is 10.6. The van der Waals surface area contributed by atoms with Crippen LogP contribution in [-0.2, 0) is 9.53 Å². The zero-order valence-electron chi connectivity index (χ0n) is 11.2. The van der Waals surface area contributed by atoms with Gasteiger partial charge in [-0.25, -0.2) is 4.79 Å². The van der Waals surface area contributed by atoms with E-state index in [1.165, 1.54) is 0 Å². The van der Waals surface area contributed by atoms with Crippen molar-refractivity contribution in [2.45, 2.75) is 64.9 Å². The Hall–Kier alpha value is -0.830. The van der Waals surface area contributed by atoms with E-state index in [4.69, 9.17) is 9.84 Å². The molecule has 0 heterocycles. The van der Waals surface area contributed by atoms with E-state index in [1.54, 1.807) is 0 Å². The van der Waals surface area contributed by atoms with Crippen LogP contribution in [0.5, 0.6) is 0 Å². The van der Waals surface area contributed by atoms with Crippen LogP contribution in [0.1, 0.15) is 58.8 Å². The van der Waals surface area contributed by atoms with Gasteiger partial charge in [0.25, 0.3) is 0 Å². The van der Waals surface area contributed by atoms with Crippen LogP contribution in [-0.4, -0.2) is 23.8 Å². The average molecular weight is 242 g/mol. The Morgan fingerprint density at radius 1 is 1.24 bits per heavy atom. The SMILES string of the molecule is C=C(CCC(CCCC)OCCCC)C(=O)O. The van der Waals surface area contributed by atoms with Gasteiger partial charge in [-0.2, -0.15) is 0 Å². The molecule has 0 spiro atoms. The highest BCUT2D eigenvalue weighted by Gasteiger charge is 2.11. The Morgan fingerprint density at radius 3 is 2.41 bits per heavy atom. The molecule has 0 aliphatic rings. The van der Waals surface area contributed by atoms with Crippen molar-refractivity contribution in [2.75, 3.05) is 6.61 Å². The molecular weight excluding hydrogens is 216 g/mol. The molecule has 3 heteroatoms. The van der Waals surface area contributed by atoms with Gasteiger partial charge in [-0.1, -0.05) is 39.7 Å². The third-order valence-corrected chi connectivity index (χ3v) is 2.80. The molecular formula is C14H26O3. The van der Waals surface area contributed by atoms with Crippen molar-refractivity contribution in [2.24, 2.45) is 0 Å². The number of rotatable bonds is 11. The Bertz CT molecular complexity index is 224. The third kappa shape index (κ3) is 8.93. The predicted molar refractivity (Wildman–Crippen MR) is 70.2 cm³/mol. The van der Waals surface area contributed by atoms with Gasteiger partial charge >= 0.3 is 5.97 Å². The minimum Gasteiger partial charge on any atom is -0.478 e. The van der Waals surface area contributed by atoms with Crippen molar-refractivity contribution in [3.63, 3.8) is 0 Å². The molecule has 0 saturated heterocycles. The molecule has 3 nitrogen and oxygen atoms in total. The summed E-state index contributed by atoms with van der Waals surface area (Å²) in [5.74, 6) is -0.896. The van der Waals surface area contributed by atoms with Crippen molar-refractivity contribution in [3.05, 3.63) is 12.2 Å². The second-order valence-corrected chi connectivity index (χ2v) is 4.44. The van der Waals surface area contributed by atoms with Gasteiger partial charge in [0, 0.05) is 12.2 Å². The van der Waals surface area contributed by atoms with Crippen LogP contribution >= 0.6 is 0 Å². The van der Waals surface area contributed by atoms with Gasteiger partial charge in [-0.05, 0) is 25.7 Å². The summed E-state index contributed by atoms with van der Waals surface area (Å²) in [7, 11) is 0. The maximum atomic E-state index is 10.6. The molecule has 0 radical (unpaired) electrons. The van der Waals surface area contributed by atoms with E-state index in [0.29, 0.717) is 6.42 Å². The highest BCUT2D eigenvalue weighted by Crippen LogP contribution is 2.15. The number of hydrogen-bond donors (Lipinski definition) is 1. The topological polar surface area (TPSA) is 46.5 Å². The Morgan fingerprint density at radius 2 is 1.88 bits per heavy atom. The molecule has 0 saturated carbocycles. The largest absolute Gasteiger partial charge is 0.478 e. The average Bonchev–Trinajstić information content (AvgIpc) is 2.31. The summed E-state index contributed by atoms with van der Waals surface area (Å²) in [6.07, 6.45) is 6.99. The molecule has 0 aliphatic carbocycles. The standard InChI is InChI=1S/C14H26O3/c1-4-6-8-13(17-11-7-5-2)10-9-12(3)14(15)16/h13H,3-11H2,1-2H3,(H,15,16). The van der Waals surface area contributed by atoms with Crippen LogP contribution in [0.15, 0.2) is 12.2 Å². The van der Waals surface area contributed by atoms with Crippen molar-refractivity contribution in [1.29, 1.82) is 0 Å². The molecule has 0 amide bonds. The smallest absolute Gasteiger partial charge is 0.330 e. The fraction of sp³-hybridized carbons (Fsp3) is 0.786. The van der Waals surface area contributed by atoms with E-state index in [-0.39, 0.29) is 11.7 Å². The molecule has 0 rings (SSSR count). The Labute approximate surface area is 105 Å². The lowest BCUT2D eigenvalue weighted by Gasteiger charge is -2.17. The first-order chi connectivity index (χ1) is 8.11. The van der Waals surface area contributed by atoms with Crippen LogP contribution in [0.4, 0.5) is 0 Å². The van der Waals surface area contributed by atoms with E-state index < -0.39 is 5.97 Å². The Balaban J connectivity index is 3.91. The van der Waals surface area contributed by atoms with Gasteiger partial charge in [-0.3, -0.25) is 0 Å². The zero-order chi connectivity index (χ0) is 13.1. The van der Waals surface area contributed by atoms with Gasteiger partial charge in [0.2, 0.25) is 0 Å². The van der Waals surface area contributed by atoms with Crippen LogP contribution < -0.4 is 0 Å².